The first-order valence-corrected chi connectivity index (χ1v) is 8.35. The van der Waals surface area contributed by atoms with Gasteiger partial charge in [0.1, 0.15) is 11.5 Å². The number of aryl methyl sites for hydroxylation is 1. The van der Waals surface area contributed by atoms with Crippen LogP contribution in [0.5, 0.6) is 0 Å². The summed E-state index contributed by atoms with van der Waals surface area (Å²) in [5.41, 5.74) is -2.46. The van der Waals surface area contributed by atoms with Crippen LogP contribution in [0.25, 0.3) is 16.8 Å². The summed E-state index contributed by atoms with van der Waals surface area (Å²) in [7, 11) is 1.48. The molecule has 154 valence electrons. The topological polar surface area (TPSA) is 95.0 Å². The number of oxazole rings is 1. The molecule has 0 aliphatic carbocycles. The molecule has 0 radical (unpaired) electrons. The molecular formula is C18H11F4N5O3. The fraction of sp³-hybridized carbons (Fsp3) is 0.111. The molecule has 1 amide bonds. The Labute approximate surface area is 164 Å². The Kier molecular flexibility index (Phi) is 4.41. The molecule has 0 unspecified atom stereocenters. The largest absolute Gasteiger partial charge is 0.435 e. The van der Waals surface area contributed by atoms with E-state index in [1.165, 1.54) is 41.9 Å². The fourth-order valence-corrected chi connectivity index (χ4v) is 2.88. The highest BCUT2D eigenvalue weighted by Crippen LogP contribution is 2.33. The maximum absolute atomic E-state index is 14.0. The quantitative estimate of drug-likeness (QED) is 0.513. The SMILES string of the molecule is Cn1c(=O)oc2cc(NC(=O)c3nnn(-c4ccccc4F)c3C(F)(F)F)ccc21. The molecule has 2 aromatic carbocycles. The number of hydrogen-bond donors (Lipinski definition) is 1. The molecule has 0 saturated heterocycles. The number of benzene rings is 2. The van der Waals surface area contributed by atoms with Gasteiger partial charge >= 0.3 is 11.9 Å². The first kappa shape index (κ1) is 19.4. The van der Waals surface area contributed by atoms with Gasteiger partial charge in [0.05, 0.1) is 5.52 Å². The summed E-state index contributed by atoms with van der Waals surface area (Å²) >= 11 is 0. The van der Waals surface area contributed by atoms with Gasteiger partial charge in [-0.05, 0) is 24.3 Å². The lowest BCUT2D eigenvalue weighted by Gasteiger charge is -2.11. The number of aromatic nitrogens is 4. The van der Waals surface area contributed by atoms with E-state index in [0.717, 1.165) is 12.1 Å². The van der Waals surface area contributed by atoms with Crippen LogP contribution in [0, 0.1) is 5.82 Å². The monoisotopic (exact) mass is 421 g/mol. The fourth-order valence-electron chi connectivity index (χ4n) is 2.88. The average molecular weight is 421 g/mol. The third-order valence-corrected chi connectivity index (χ3v) is 4.28. The number of alkyl halides is 3. The molecule has 12 heteroatoms. The van der Waals surface area contributed by atoms with Crippen molar-refractivity contribution in [2.24, 2.45) is 7.05 Å². The van der Waals surface area contributed by atoms with Gasteiger partial charge in [0, 0.05) is 18.8 Å². The predicted octanol–water partition coefficient (Wildman–Crippen LogP) is 3.12. The van der Waals surface area contributed by atoms with Crippen molar-refractivity contribution in [1.29, 1.82) is 0 Å². The van der Waals surface area contributed by atoms with Gasteiger partial charge in [-0.3, -0.25) is 9.36 Å². The zero-order valence-electron chi connectivity index (χ0n) is 15.1. The Morgan fingerprint density at radius 2 is 1.90 bits per heavy atom. The van der Waals surface area contributed by atoms with Crippen LogP contribution >= 0.6 is 0 Å². The van der Waals surface area contributed by atoms with Crippen molar-refractivity contribution in [3.63, 3.8) is 0 Å². The average Bonchev–Trinajstić information content (AvgIpc) is 3.24. The van der Waals surface area contributed by atoms with E-state index in [4.69, 9.17) is 4.42 Å². The molecule has 0 atom stereocenters. The molecule has 0 saturated carbocycles. The minimum absolute atomic E-state index is 0.0652. The van der Waals surface area contributed by atoms with Gasteiger partial charge in [-0.2, -0.15) is 13.2 Å². The van der Waals surface area contributed by atoms with Gasteiger partial charge in [-0.1, -0.05) is 17.3 Å². The highest BCUT2D eigenvalue weighted by atomic mass is 19.4. The minimum Gasteiger partial charge on any atom is -0.408 e. The van der Waals surface area contributed by atoms with Crippen LogP contribution in [0.3, 0.4) is 0 Å². The van der Waals surface area contributed by atoms with Gasteiger partial charge in [-0.25, -0.2) is 13.9 Å². The van der Waals surface area contributed by atoms with Crippen LogP contribution in [0.15, 0.2) is 51.7 Å². The lowest BCUT2D eigenvalue weighted by molar-refractivity contribution is -0.143. The molecule has 0 spiro atoms. The summed E-state index contributed by atoms with van der Waals surface area (Å²) in [4.78, 5) is 24.0. The predicted molar refractivity (Wildman–Crippen MR) is 95.7 cm³/mol. The van der Waals surface area contributed by atoms with Crippen LogP contribution < -0.4 is 11.1 Å². The molecular weight excluding hydrogens is 410 g/mol. The van der Waals surface area contributed by atoms with Crippen molar-refractivity contribution in [2.45, 2.75) is 6.18 Å². The van der Waals surface area contributed by atoms with Crippen molar-refractivity contribution < 1.29 is 26.8 Å². The van der Waals surface area contributed by atoms with Gasteiger partial charge in [-0.15, -0.1) is 5.10 Å². The molecule has 2 aromatic heterocycles. The van der Waals surface area contributed by atoms with Gasteiger partial charge in [0.15, 0.2) is 17.0 Å². The van der Waals surface area contributed by atoms with Crippen LogP contribution in [0.4, 0.5) is 23.2 Å². The van der Waals surface area contributed by atoms with Crippen LogP contribution in [-0.2, 0) is 13.2 Å². The van der Waals surface area contributed by atoms with Crippen molar-refractivity contribution in [3.8, 4) is 5.69 Å². The molecule has 1 N–H and O–H groups in total. The van der Waals surface area contributed by atoms with Crippen molar-refractivity contribution >= 4 is 22.7 Å². The second kappa shape index (κ2) is 6.83. The van der Waals surface area contributed by atoms with E-state index >= 15 is 0 Å². The number of halogens is 4. The lowest BCUT2D eigenvalue weighted by Crippen LogP contribution is -2.21. The Morgan fingerprint density at radius 3 is 2.60 bits per heavy atom. The number of amides is 1. The summed E-state index contributed by atoms with van der Waals surface area (Å²) in [6, 6.07) is 8.77. The maximum Gasteiger partial charge on any atom is 0.435 e. The highest BCUT2D eigenvalue weighted by molar-refractivity contribution is 6.04. The third-order valence-electron chi connectivity index (χ3n) is 4.28. The summed E-state index contributed by atoms with van der Waals surface area (Å²) in [5, 5.41) is 8.89. The molecule has 0 aliphatic rings. The Hall–Kier alpha value is -3.96. The second-order valence-electron chi connectivity index (χ2n) is 6.21. The van der Waals surface area contributed by atoms with E-state index in [1.54, 1.807) is 0 Å². The Morgan fingerprint density at radius 1 is 1.17 bits per heavy atom. The smallest absolute Gasteiger partial charge is 0.408 e. The maximum atomic E-state index is 14.0. The molecule has 30 heavy (non-hydrogen) atoms. The zero-order chi connectivity index (χ0) is 21.6. The molecule has 0 bridgehead atoms. The molecule has 0 fully saturated rings. The number of rotatable bonds is 3. The normalized spacial score (nSPS) is 11.8. The van der Waals surface area contributed by atoms with E-state index in [0.29, 0.717) is 5.52 Å². The first-order chi connectivity index (χ1) is 14.2. The second-order valence-corrected chi connectivity index (χ2v) is 6.21. The summed E-state index contributed by atoms with van der Waals surface area (Å²) in [6.45, 7) is 0. The number of hydrogen-bond acceptors (Lipinski definition) is 5. The minimum atomic E-state index is -5.05. The number of fused-ring (bicyclic) bond motifs is 1. The Balaban J connectivity index is 1.74. The van der Waals surface area contributed by atoms with Gasteiger partial charge < -0.3 is 9.73 Å². The zero-order valence-corrected chi connectivity index (χ0v) is 15.1. The summed E-state index contributed by atoms with van der Waals surface area (Å²) in [5.74, 6) is -2.83. The lowest BCUT2D eigenvalue weighted by atomic mass is 10.2. The van der Waals surface area contributed by atoms with E-state index in [9.17, 15) is 27.2 Å². The number of para-hydroxylation sites is 1. The number of nitrogens with one attached hydrogen (secondary N) is 1. The van der Waals surface area contributed by atoms with Crippen LogP contribution in [0.2, 0.25) is 0 Å². The van der Waals surface area contributed by atoms with E-state index in [-0.39, 0.29) is 16.0 Å². The molecule has 2 heterocycles. The van der Waals surface area contributed by atoms with Crippen LogP contribution in [0.1, 0.15) is 16.2 Å². The number of carbonyl (C=O) groups is 1. The molecule has 8 nitrogen and oxygen atoms in total. The Bertz CT molecular complexity index is 1340. The molecule has 4 aromatic rings. The van der Waals surface area contributed by atoms with Gasteiger partial charge in [0.25, 0.3) is 5.91 Å². The standard InChI is InChI=1S/C18H11F4N5O3/c1-26-12-7-6-9(8-13(12)30-17(26)29)23-16(28)14-15(18(20,21)22)27(25-24-14)11-5-3-2-4-10(11)19/h2-8H,1H3,(H,23,28). The number of anilines is 1. The van der Waals surface area contributed by atoms with Crippen LogP contribution in [-0.4, -0.2) is 25.5 Å². The molecule has 0 aliphatic heterocycles. The molecule has 4 rings (SSSR count). The van der Waals surface area contributed by atoms with E-state index in [1.807, 2.05) is 0 Å². The number of nitrogens with zero attached hydrogens (tertiary/aromatic N) is 4. The summed E-state index contributed by atoms with van der Waals surface area (Å²) < 4.78 is 61.4. The summed E-state index contributed by atoms with van der Waals surface area (Å²) in [6.07, 6.45) is -5.05. The third kappa shape index (κ3) is 3.21. The van der Waals surface area contributed by atoms with E-state index < -0.39 is 40.7 Å². The number of carbonyl (C=O) groups excluding carboxylic acids is 1. The first-order valence-electron chi connectivity index (χ1n) is 8.35. The van der Waals surface area contributed by atoms with Gasteiger partial charge in [0.2, 0.25) is 0 Å². The van der Waals surface area contributed by atoms with Crippen molar-refractivity contribution in [3.05, 3.63) is 70.2 Å². The van der Waals surface area contributed by atoms with Crippen molar-refractivity contribution in [2.75, 3.05) is 5.32 Å². The van der Waals surface area contributed by atoms with E-state index in [2.05, 4.69) is 15.6 Å². The highest BCUT2D eigenvalue weighted by Gasteiger charge is 2.42. The van der Waals surface area contributed by atoms with Crippen molar-refractivity contribution in [1.82, 2.24) is 19.6 Å².